The number of ether oxygens (including phenoxy) is 1. The van der Waals surface area contributed by atoms with Crippen molar-refractivity contribution in [3.05, 3.63) is 30.1 Å². The molecule has 5 nitrogen and oxygen atoms in total. The minimum absolute atomic E-state index is 0.0703. The van der Waals surface area contributed by atoms with Crippen molar-refractivity contribution in [2.75, 3.05) is 32.7 Å². The molecule has 2 aliphatic rings. The number of aliphatic imine (C=N–C) groups is 1. The Morgan fingerprint density at radius 3 is 2.85 bits per heavy atom. The predicted molar refractivity (Wildman–Crippen MR) is 108 cm³/mol. The number of hydrogen-bond acceptors (Lipinski definition) is 3. The molecule has 0 aromatic heterocycles. The number of nitrogens with zero attached hydrogens (tertiary/aromatic N) is 2. The van der Waals surface area contributed by atoms with E-state index in [1.165, 1.54) is 44.5 Å². The van der Waals surface area contributed by atoms with Crippen LogP contribution in [0.25, 0.3) is 0 Å². The molecule has 1 aliphatic heterocycles. The molecule has 3 rings (SSSR count). The zero-order valence-corrected chi connectivity index (χ0v) is 16.6. The lowest BCUT2D eigenvalue weighted by Crippen LogP contribution is -2.41. The van der Waals surface area contributed by atoms with E-state index >= 15 is 0 Å². The zero-order valence-electron chi connectivity index (χ0n) is 16.6. The van der Waals surface area contributed by atoms with Gasteiger partial charge in [-0.3, -0.25) is 0 Å². The van der Waals surface area contributed by atoms with Crippen molar-refractivity contribution in [1.29, 1.82) is 0 Å². The third-order valence-corrected chi connectivity index (χ3v) is 5.29. The smallest absolute Gasteiger partial charge is 0.191 e. The molecule has 0 spiro atoms. The molecule has 2 unspecified atom stereocenters. The van der Waals surface area contributed by atoms with Crippen LogP contribution >= 0.6 is 0 Å². The van der Waals surface area contributed by atoms with E-state index in [1.54, 1.807) is 12.1 Å². The summed E-state index contributed by atoms with van der Waals surface area (Å²) in [5.74, 6) is 1.81. The monoisotopic (exact) mass is 376 g/mol. The van der Waals surface area contributed by atoms with E-state index in [-0.39, 0.29) is 11.9 Å². The van der Waals surface area contributed by atoms with Gasteiger partial charge in [0, 0.05) is 31.7 Å². The van der Waals surface area contributed by atoms with Gasteiger partial charge in [0.05, 0.1) is 6.54 Å². The first kappa shape index (κ1) is 19.9. The van der Waals surface area contributed by atoms with Crippen molar-refractivity contribution < 1.29 is 9.13 Å². The summed E-state index contributed by atoms with van der Waals surface area (Å²) >= 11 is 0. The number of rotatable bonds is 9. The van der Waals surface area contributed by atoms with Gasteiger partial charge >= 0.3 is 0 Å². The van der Waals surface area contributed by atoms with Crippen LogP contribution in [0.15, 0.2) is 29.3 Å². The van der Waals surface area contributed by atoms with Gasteiger partial charge in [0.15, 0.2) is 5.96 Å². The lowest BCUT2D eigenvalue weighted by atomic mass is 10.1. The van der Waals surface area contributed by atoms with Gasteiger partial charge in [0.2, 0.25) is 0 Å². The van der Waals surface area contributed by atoms with Crippen LogP contribution in [0.3, 0.4) is 0 Å². The van der Waals surface area contributed by atoms with Crippen molar-refractivity contribution in [1.82, 2.24) is 15.5 Å². The largest absolute Gasteiger partial charge is 0.488 e. The highest BCUT2D eigenvalue weighted by Gasteiger charge is 2.34. The molecule has 0 radical (unpaired) electrons. The van der Waals surface area contributed by atoms with E-state index in [0.717, 1.165) is 31.5 Å². The number of likely N-dealkylation sites (tertiary alicyclic amines) is 1. The molecule has 2 N–H and O–H groups in total. The lowest BCUT2D eigenvalue weighted by molar-refractivity contribution is 0.205. The van der Waals surface area contributed by atoms with Crippen LogP contribution in [-0.2, 0) is 0 Å². The van der Waals surface area contributed by atoms with Gasteiger partial charge in [-0.1, -0.05) is 13.0 Å². The van der Waals surface area contributed by atoms with Crippen LogP contribution in [0.2, 0.25) is 0 Å². The molecule has 150 valence electrons. The molecule has 1 saturated heterocycles. The van der Waals surface area contributed by atoms with E-state index in [0.29, 0.717) is 18.2 Å². The molecule has 6 heteroatoms. The molecule has 2 atom stereocenters. The second-order valence-electron chi connectivity index (χ2n) is 7.59. The highest BCUT2D eigenvalue weighted by atomic mass is 19.1. The molecular formula is C21H33FN4O. The lowest BCUT2D eigenvalue weighted by Gasteiger charge is -2.19. The summed E-state index contributed by atoms with van der Waals surface area (Å²) in [6.45, 7) is 8.90. The fourth-order valence-corrected chi connectivity index (χ4v) is 3.56. The highest BCUT2D eigenvalue weighted by molar-refractivity contribution is 5.79. The first-order valence-electron chi connectivity index (χ1n) is 10.4. The van der Waals surface area contributed by atoms with E-state index in [4.69, 9.17) is 9.73 Å². The topological polar surface area (TPSA) is 48.9 Å². The van der Waals surface area contributed by atoms with E-state index in [2.05, 4.69) is 29.4 Å². The minimum atomic E-state index is -0.280. The number of nitrogens with one attached hydrogen (secondary N) is 2. The molecule has 1 aromatic rings. The van der Waals surface area contributed by atoms with E-state index in [1.807, 2.05) is 0 Å². The van der Waals surface area contributed by atoms with Gasteiger partial charge in [-0.15, -0.1) is 0 Å². The quantitative estimate of drug-likeness (QED) is 0.514. The maximum Gasteiger partial charge on any atom is 0.191 e. The molecule has 1 aromatic carbocycles. The Bertz CT molecular complexity index is 620. The number of hydrogen-bond donors (Lipinski definition) is 2. The van der Waals surface area contributed by atoms with Crippen molar-refractivity contribution >= 4 is 5.96 Å². The zero-order chi connectivity index (χ0) is 19.1. The minimum Gasteiger partial charge on any atom is -0.488 e. The van der Waals surface area contributed by atoms with E-state index < -0.39 is 0 Å². The molecule has 1 aliphatic carbocycles. The summed E-state index contributed by atoms with van der Waals surface area (Å²) < 4.78 is 19.2. The molecule has 1 heterocycles. The van der Waals surface area contributed by atoms with Gasteiger partial charge < -0.3 is 20.3 Å². The standard InChI is InChI=1S/C21H33FN4O/c1-3-19(27-20-7-5-6-17(22)12-20)14-25-21(23-4-2)24-13-16-10-11-26(15-16)18-8-9-18/h5-7,12,16,18-19H,3-4,8-11,13-15H2,1-2H3,(H2,23,24,25). The molecule has 27 heavy (non-hydrogen) atoms. The van der Waals surface area contributed by atoms with Crippen molar-refractivity contribution in [2.24, 2.45) is 10.9 Å². The Kier molecular flexibility index (Phi) is 7.33. The number of halogens is 1. The molecule has 0 amide bonds. The molecule has 2 fully saturated rings. The van der Waals surface area contributed by atoms with E-state index in [9.17, 15) is 4.39 Å². The summed E-state index contributed by atoms with van der Waals surface area (Å²) in [7, 11) is 0. The fourth-order valence-electron chi connectivity index (χ4n) is 3.56. The Balaban J connectivity index is 1.47. The molecule has 0 bridgehead atoms. The van der Waals surface area contributed by atoms with Gasteiger partial charge in [0.1, 0.15) is 17.7 Å². The van der Waals surface area contributed by atoms with Crippen LogP contribution in [0, 0.1) is 11.7 Å². The SMILES string of the molecule is CCNC(=NCC(CC)Oc1cccc(F)c1)NCC1CCN(C2CC2)C1. The van der Waals surface area contributed by atoms with Gasteiger partial charge in [-0.25, -0.2) is 9.38 Å². The average Bonchev–Trinajstić information content (AvgIpc) is 3.41. The summed E-state index contributed by atoms with van der Waals surface area (Å²) in [6, 6.07) is 7.15. The van der Waals surface area contributed by atoms with Crippen molar-refractivity contribution in [3.8, 4) is 5.75 Å². The summed E-state index contributed by atoms with van der Waals surface area (Å²) in [5.41, 5.74) is 0. The summed E-state index contributed by atoms with van der Waals surface area (Å²) in [5, 5.41) is 6.81. The Morgan fingerprint density at radius 1 is 1.30 bits per heavy atom. The Labute approximate surface area is 162 Å². The van der Waals surface area contributed by atoms with Crippen LogP contribution < -0.4 is 15.4 Å². The van der Waals surface area contributed by atoms with Gasteiger partial charge in [-0.05, 0) is 57.2 Å². The van der Waals surface area contributed by atoms with Crippen LogP contribution in [-0.4, -0.2) is 55.7 Å². The second kappa shape index (κ2) is 9.93. The highest BCUT2D eigenvalue weighted by Crippen LogP contribution is 2.31. The number of benzene rings is 1. The van der Waals surface area contributed by atoms with Crippen LogP contribution in [0.1, 0.15) is 39.5 Å². The molecular weight excluding hydrogens is 343 g/mol. The predicted octanol–water partition coefficient (Wildman–Crippen LogP) is 3.02. The summed E-state index contributed by atoms with van der Waals surface area (Å²) in [4.78, 5) is 7.33. The third kappa shape index (κ3) is 6.38. The molecule has 1 saturated carbocycles. The van der Waals surface area contributed by atoms with Crippen molar-refractivity contribution in [2.45, 2.75) is 51.7 Å². The normalized spacial score (nSPS) is 21.9. The second-order valence-corrected chi connectivity index (χ2v) is 7.59. The Morgan fingerprint density at radius 2 is 2.15 bits per heavy atom. The first-order chi connectivity index (χ1) is 13.2. The summed E-state index contributed by atoms with van der Waals surface area (Å²) in [6.07, 6.45) is 4.78. The van der Waals surface area contributed by atoms with Gasteiger partial charge in [-0.2, -0.15) is 0 Å². The van der Waals surface area contributed by atoms with Crippen molar-refractivity contribution in [3.63, 3.8) is 0 Å². The van der Waals surface area contributed by atoms with Crippen LogP contribution in [0.4, 0.5) is 4.39 Å². The maximum atomic E-state index is 13.3. The number of guanidine groups is 1. The average molecular weight is 377 g/mol. The third-order valence-electron chi connectivity index (χ3n) is 5.29. The van der Waals surface area contributed by atoms with Crippen LogP contribution in [0.5, 0.6) is 5.75 Å². The van der Waals surface area contributed by atoms with Gasteiger partial charge in [0.25, 0.3) is 0 Å². The maximum absolute atomic E-state index is 13.3. The fraction of sp³-hybridized carbons (Fsp3) is 0.667. The first-order valence-corrected chi connectivity index (χ1v) is 10.4. The Hall–Kier alpha value is -1.82.